The Bertz CT molecular complexity index is 1100. The summed E-state index contributed by atoms with van der Waals surface area (Å²) >= 11 is 1.43. The molecule has 1 fully saturated rings. The molecule has 0 spiro atoms. The quantitative estimate of drug-likeness (QED) is 0.673. The number of sulfonamides is 1. The van der Waals surface area contributed by atoms with E-state index in [4.69, 9.17) is 0 Å². The molecule has 1 heterocycles. The van der Waals surface area contributed by atoms with Crippen molar-refractivity contribution in [1.82, 2.24) is 5.32 Å². The van der Waals surface area contributed by atoms with Gasteiger partial charge in [0.15, 0.2) is 0 Å². The van der Waals surface area contributed by atoms with Crippen LogP contribution in [0.15, 0.2) is 59.5 Å². The SMILES string of the molecule is CN(c1ccc2sc(C(=O)NC3CCCC3)cc2c1)S(=O)(=O)c1ccccc1. The summed E-state index contributed by atoms with van der Waals surface area (Å²) in [5, 5.41) is 3.97. The molecule has 28 heavy (non-hydrogen) atoms. The van der Waals surface area contributed by atoms with Crippen molar-refractivity contribution >= 4 is 43.0 Å². The Morgan fingerprint density at radius 2 is 1.79 bits per heavy atom. The topological polar surface area (TPSA) is 66.5 Å². The van der Waals surface area contributed by atoms with Gasteiger partial charge in [0.2, 0.25) is 0 Å². The van der Waals surface area contributed by atoms with Gasteiger partial charge in [0.05, 0.1) is 15.5 Å². The zero-order valence-corrected chi connectivity index (χ0v) is 17.2. The Kier molecular flexibility index (Phi) is 5.12. The summed E-state index contributed by atoms with van der Waals surface area (Å²) in [7, 11) is -2.08. The summed E-state index contributed by atoms with van der Waals surface area (Å²) in [6.45, 7) is 0. The largest absolute Gasteiger partial charge is 0.349 e. The summed E-state index contributed by atoms with van der Waals surface area (Å²) in [5.74, 6) is -0.0417. The number of rotatable bonds is 5. The number of thiophene rings is 1. The molecule has 1 aliphatic rings. The average molecular weight is 415 g/mol. The Hall–Kier alpha value is -2.38. The highest BCUT2D eigenvalue weighted by Gasteiger charge is 2.22. The van der Waals surface area contributed by atoms with Crippen LogP contribution in [0.4, 0.5) is 5.69 Å². The molecule has 3 aromatic rings. The van der Waals surface area contributed by atoms with Crippen molar-refractivity contribution in [3.8, 4) is 0 Å². The van der Waals surface area contributed by atoms with Crippen LogP contribution in [-0.4, -0.2) is 27.4 Å². The Balaban J connectivity index is 1.60. The van der Waals surface area contributed by atoms with E-state index in [2.05, 4.69) is 5.32 Å². The van der Waals surface area contributed by atoms with Crippen LogP contribution < -0.4 is 9.62 Å². The first kappa shape index (κ1) is 19.0. The van der Waals surface area contributed by atoms with Crippen molar-refractivity contribution in [2.45, 2.75) is 36.6 Å². The molecule has 1 aromatic heterocycles. The van der Waals surface area contributed by atoms with E-state index in [1.807, 2.05) is 18.2 Å². The van der Waals surface area contributed by atoms with Gasteiger partial charge in [0, 0.05) is 17.8 Å². The van der Waals surface area contributed by atoms with Crippen LogP contribution in [0.3, 0.4) is 0 Å². The molecule has 4 rings (SSSR count). The second-order valence-electron chi connectivity index (χ2n) is 7.07. The Morgan fingerprint density at radius 3 is 2.50 bits per heavy atom. The third-order valence-electron chi connectivity index (χ3n) is 5.18. The molecule has 1 N–H and O–H groups in total. The zero-order chi connectivity index (χ0) is 19.7. The minimum Gasteiger partial charge on any atom is -0.349 e. The van der Waals surface area contributed by atoms with E-state index >= 15 is 0 Å². The first-order chi connectivity index (χ1) is 13.4. The highest BCUT2D eigenvalue weighted by molar-refractivity contribution is 7.92. The predicted molar refractivity (Wildman–Crippen MR) is 114 cm³/mol. The van der Waals surface area contributed by atoms with Crippen molar-refractivity contribution < 1.29 is 13.2 Å². The van der Waals surface area contributed by atoms with Gasteiger partial charge in [-0.05, 0) is 54.6 Å². The predicted octanol–water partition coefficient (Wildman–Crippen LogP) is 4.40. The van der Waals surface area contributed by atoms with Crippen molar-refractivity contribution in [2.75, 3.05) is 11.4 Å². The lowest BCUT2D eigenvalue weighted by Gasteiger charge is -2.19. The summed E-state index contributed by atoms with van der Waals surface area (Å²) in [4.78, 5) is 13.4. The van der Waals surface area contributed by atoms with Crippen molar-refractivity contribution in [2.24, 2.45) is 0 Å². The van der Waals surface area contributed by atoms with Crippen LogP contribution in [0.5, 0.6) is 0 Å². The molecule has 0 unspecified atom stereocenters. The van der Waals surface area contributed by atoms with E-state index in [1.165, 1.54) is 28.5 Å². The number of hydrogen-bond acceptors (Lipinski definition) is 4. The molecular formula is C21H22N2O3S2. The molecule has 1 saturated carbocycles. The van der Waals surface area contributed by atoms with Gasteiger partial charge in [-0.2, -0.15) is 0 Å². The average Bonchev–Trinajstić information content (AvgIpc) is 3.36. The molecule has 0 aliphatic heterocycles. The summed E-state index contributed by atoms with van der Waals surface area (Å²) in [5.41, 5.74) is 0.567. The molecule has 146 valence electrons. The van der Waals surface area contributed by atoms with Gasteiger partial charge in [-0.3, -0.25) is 9.10 Å². The fraction of sp³-hybridized carbons (Fsp3) is 0.286. The van der Waals surface area contributed by atoms with Gasteiger partial charge >= 0.3 is 0 Å². The van der Waals surface area contributed by atoms with E-state index in [9.17, 15) is 13.2 Å². The summed E-state index contributed by atoms with van der Waals surface area (Å²) in [6, 6.07) is 16.0. The lowest BCUT2D eigenvalue weighted by Crippen LogP contribution is -2.31. The molecule has 2 aromatic carbocycles. The minimum atomic E-state index is -3.63. The number of hydrogen-bond donors (Lipinski definition) is 1. The maximum atomic E-state index is 12.8. The van der Waals surface area contributed by atoms with Crippen molar-refractivity contribution in [3.63, 3.8) is 0 Å². The second-order valence-corrected chi connectivity index (χ2v) is 10.1. The molecule has 5 nitrogen and oxygen atoms in total. The highest BCUT2D eigenvalue weighted by atomic mass is 32.2. The number of nitrogens with one attached hydrogen (secondary N) is 1. The Morgan fingerprint density at radius 1 is 1.07 bits per heavy atom. The van der Waals surface area contributed by atoms with Crippen LogP contribution in [0.1, 0.15) is 35.4 Å². The monoisotopic (exact) mass is 414 g/mol. The van der Waals surface area contributed by atoms with Crippen LogP contribution in [0.25, 0.3) is 10.1 Å². The van der Waals surface area contributed by atoms with Crippen LogP contribution in [-0.2, 0) is 10.0 Å². The number of nitrogens with zero attached hydrogens (tertiary/aromatic N) is 1. The maximum absolute atomic E-state index is 12.8. The smallest absolute Gasteiger partial charge is 0.264 e. The van der Waals surface area contributed by atoms with Gasteiger partial charge in [-0.25, -0.2) is 8.42 Å². The lowest BCUT2D eigenvalue weighted by molar-refractivity contribution is 0.0942. The van der Waals surface area contributed by atoms with E-state index < -0.39 is 10.0 Å². The van der Waals surface area contributed by atoms with Crippen molar-refractivity contribution in [1.29, 1.82) is 0 Å². The molecule has 7 heteroatoms. The fourth-order valence-corrected chi connectivity index (χ4v) is 5.71. The molecule has 0 saturated heterocycles. The molecule has 1 amide bonds. The molecule has 0 bridgehead atoms. The Labute approximate surface area is 169 Å². The van der Waals surface area contributed by atoms with Gasteiger partial charge in [-0.15, -0.1) is 11.3 Å². The number of benzene rings is 2. The summed E-state index contributed by atoms with van der Waals surface area (Å²) < 4.78 is 27.9. The maximum Gasteiger partial charge on any atom is 0.264 e. The highest BCUT2D eigenvalue weighted by Crippen LogP contribution is 2.31. The number of carbonyl (C=O) groups excluding carboxylic acids is 1. The van der Waals surface area contributed by atoms with E-state index in [-0.39, 0.29) is 16.8 Å². The minimum absolute atomic E-state index is 0.0417. The first-order valence-corrected chi connectivity index (χ1v) is 11.6. The number of fused-ring (bicyclic) bond motifs is 1. The second kappa shape index (κ2) is 7.56. The molecule has 0 radical (unpaired) electrons. The standard InChI is InChI=1S/C21H22N2O3S2/c1-23(28(25,26)18-9-3-2-4-10-18)17-11-12-19-15(13-17)14-20(27-19)21(24)22-16-7-5-6-8-16/h2-4,9-14,16H,5-8H2,1H3,(H,22,24). The molecular weight excluding hydrogens is 392 g/mol. The molecule has 1 aliphatic carbocycles. The van der Waals surface area contributed by atoms with E-state index in [0.717, 1.165) is 22.9 Å². The van der Waals surface area contributed by atoms with Crippen LogP contribution in [0, 0.1) is 0 Å². The molecule has 0 atom stereocenters. The zero-order valence-electron chi connectivity index (χ0n) is 15.6. The lowest BCUT2D eigenvalue weighted by atomic mass is 10.2. The van der Waals surface area contributed by atoms with Gasteiger partial charge in [-0.1, -0.05) is 31.0 Å². The number of carbonyl (C=O) groups is 1. The number of anilines is 1. The van der Waals surface area contributed by atoms with Gasteiger partial charge < -0.3 is 5.32 Å². The van der Waals surface area contributed by atoms with Gasteiger partial charge in [0.1, 0.15) is 0 Å². The third-order valence-corrected chi connectivity index (χ3v) is 8.09. The van der Waals surface area contributed by atoms with E-state index in [0.29, 0.717) is 10.6 Å². The van der Waals surface area contributed by atoms with Gasteiger partial charge in [0.25, 0.3) is 15.9 Å². The summed E-state index contributed by atoms with van der Waals surface area (Å²) in [6.07, 6.45) is 4.43. The van der Waals surface area contributed by atoms with Crippen molar-refractivity contribution in [3.05, 3.63) is 59.5 Å². The number of amides is 1. The fourth-order valence-electron chi connectivity index (χ4n) is 3.55. The normalized spacial score (nSPS) is 15.0. The van der Waals surface area contributed by atoms with E-state index in [1.54, 1.807) is 43.4 Å². The van der Waals surface area contributed by atoms with Crippen LogP contribution in [0.2, 0.25) is 0 Å². The van der Waals surface area contributed by atoms with Crippen LogP contribution >= 0.6 is 11.3 Å². The third kappa shape index (κ3) is 3.64. The first-order valence-electron chi connectivity index (χ1n) is 9.33.